The van der Waals surface area contributed by atoms with Crippen LogP contribution in [0, 0.1) is 6.92 Å². The highest BCUT2D eigenvalue weighted by atomic mass is 35.5. The minimum absolute atomic E-state index is 0.315. The quantitative estimate of drug-likeness (QED) is 0.667. The molecule has 0 amide bonds. The van der Waals surface area contributed by atoms with Gasteiger partial charge in [0.25, 0.3) is 0 Å². The molecule has 0 bridgehead atoms. The molecule has 130 valence electrons. The van der Waals surface area contributed by atoms with Gasteiger partial charge in [-0.2, -0.15) is 0 Å². The summed E-state index contributed by atoms with van der Waals surface area (Å²) in [6.45, 7) is 4.81. The van der Waals surface area contributed by atoms with E-state index < -0.39 is 0 Å². The Balaban J connectivity index is 1.91. The number of hydrogen-bond acceptors (Lipinski definition) is 2. The Bertz CT molecular complexity index is 918. The Morgan fingerprint density at radius 3 is 2.64 bits per heavy atom. The SMILES string of the molecule is CCC[C@H]([NH2+]Cc1cc(=O)oc2cc(C)c(Cl)cc12)c1ccccc1. The lowest BCUT2D eigenvalue weighted by molar-refractivity contribution is -0.711. The van der Waals surface area contributed by atoms with Gasteiger partial charge < -0.3 is 9.73 Å². The second kappa shape index (κ2) is 7.85. The van der Waals surface area contributed by atoms with Crippen LogP contribution < -0.4 is 10.9 Å². The lowest BCUT2D eigenvalue weighted by Crippen LogP contribution is -2.83. The van der Waals surface area contributed by atoms with E-state index in [1.165, 1.54) is 5.56 Å². The fourth-order valence-corrected chi connectivity index (χ4v) is 3.38. The summed E-state index contributed by atoms with van der Waals surface area (Å²) in [4.78, 5) is 11.9. The molecule has 0 aliphatic heterocycles. The Labute approximate surface area is 152 Å². The fourth-order valence-electron chi connectivity index (χ4n) is 3.22. The van der Waals surface area contributed by atoms with E-state index in [4.69, 9.17) is 16.0 Å². The van der Waals surface area contributed by atoms with E-state index in [1.807, 2.05) is 25.1 Å². The van der Waals surface area contributed by atoms with E-state index in [0.717, 1.165) is 29.4 Å². The zero-order valence-electron chi connectivity index (χ0n) is 14.6. The molecular formula is C21H23ClNO2+. The van der Waals surface area contributed by atoms with Crippen LogP contribution in [0.1, 0.15) is 42.5 Å². The van der Waals surface area contributed by atoms with Gasteiger partial charge in [-0.15, -0.1) is 0 Å². The summed E-state index contributed by atoms with van der Waals surface area (Å²) in [7, 11) is 0. The standard InChI is InChI=1S/C21H22ClNO2/c1-3-7-19(15-8-5-4-6-9-15)23-13-16-11-21(24)25-20-10-14(2)18(22)12-17(16)20/h4-6,8-12,19,23H,3,7,13H2,1-2H3/p+1/t19-/m0/s1. The molecule has 25 heavy (non-hydrogen) atoms. The summed E-state index contributed by atoms with van der Waals surface area (Å²) in [6.07, 6.45) is 2.20. The van der Waals surface area contributed by atoms with Crippen molar-refractivity contribution in [2.75, 3.05) is 0 Å². The molecule has 2 N–H and O–H groups in total. The van der Waals surface area contributed by atoms with Gasteiger partial charge in [0.15, 0.2) is 0 Å². The first-order valence-electron chi connectivity index (χ1n) is 8.69. The predicted octanol–water partition coefficient (Wildman–Crippen LogP) is 4.36. The zero-order valence-corrected chi connectivity index (χ0v) is 15.3. The number of fused-ring (bicyclic) bond motifs is 1. The van der Waals surface area contributed by atoms with Crippen molar-refractivity contribution in [2.24, 2.45) is 0 Å². The van der Waals surface area contributed by atoms with Crippen molar-refractivity contribution >= 4 is 22.6 Å². The van der Waals surface area contributed by atoms with Crippen molar-refractivity contribution < 1.29 is 9.73 Å². The number of benzene rings is 2. The highest BCUT2D eigenvalue weighted by Gasteiger charge is 2.16. The van der Waals surface area contributed by atoms with Gasteiger partial charge >= 0.3 is 5.63 Å². The summed E-state index contributed by atoms with van der Waals surface area (Å²) in [5.41, 5.74) is 3.47. The molecule has 0 radical (unpaired) electrons. The van der Waals surface area contributed by atoms with E-state index in [2.05, 4.69) is 36.5 Å². The number of quaternary nitrogens is 1. The van der Waals surface area contributed by atoms with Gasteiger partial charge in [-0.05, 0) is 24.6 Å². The monoisotopic (exact) mass is 356 g/mol. The average molecular weight is 357 g/mol. The fraction of sp³-hybridized carbons (Fsp3) is 0.286. The topological polar surface area (TPSA) is 46.8 Å². The van der Waals surface area contributed by atoms with E-state index in [9.17, 15) is 4.79 Å². The zero-order chi connectivity index (χ0) is 17.8. The van der Waals surface area contributed by atoms with Crippen molar-refractivity contribution in [1.29, 1.82) is 0 Å². The van der Waals surface area contributed by atoms with E-state index in [-0.39, 0.29) is 5.63 Å². The lowest BCUT2D eigenvalue weighted by Gasteiger charge is -2.16. The maximum absolute atomic E-state index is 11.9. The number of nitrogens with two attached hydrogens (primary N) is 1. The van der Waals surface area contributed by atoms with Gasteiger partial charge in [-0.3, -0.25) is 0 Å². The van der Waals surface area contributed by atoms with E-state index in [1.54, 1.807) is 6.07 Å². The van der Waals surface area contributed by atoms with Crippen molar-refractivity contribution in [2.45, 2.75) is 39.3 Å². The smallest absolute Gasteiger partial charge is 0.336 e. The van der Waals surface area contributed by atoms with Crippen LogP contribution in [0.4, 0.5) is 0 Å². The Hall–Kier alpha value is -2.10. The minimum atomic E-state index is -0.315. The van der Waals surface area contributed by atoms with Crippen LogP contribution in [0.25, 0.3) is 11.0 Å². The molecule has 1 atom stereocenters. The second-order valence-corrected chi connectivity index (χ2v) is 6.84. The number of rotatable bonds is 6. The summed E-state index contributed by atoms with van der Waals surface area (Å²) in [6, 6.07) is 16.2. The van der Waals surface area contributed by atoms with Crippen molar-refractivity contribution in [1.82, 2.24) is 0 Å². The van der Waals surface area contributed by atoms with Crippen LogP contribution in [-0.4, -0.2) is 0 Å². The van der Waals surface area contributed by atoms with Crippen LogP contribution in [0.5, 0.6) is 0 Å². The third kappa shape index (κ3) is 4.12. The van der Waals surface area contributed by atoms with E-state index >= 15 is 0 Å². The highest BCUT2D eigenvalue weighted by molar-refractivity contribution is 6.32. The minimum Gasteiger partial charge on any atom is -0.423 e. The molecule has 0 aliphatic carbocycles. The van der Waals surface area contributed by atoms with Gasteiger partial charge in [0.1, 0.15) is 18.2 Å². The van der Waals surface area contributed by atoms with Gasteiger partial charge in [-0.25, -0.2) is 4.79 Å². The van der Waals surface area contributed by atoms with Crippen LogP contribution in [0.3, 0.4) is 0 Å². The maximum Gasteiger partial charge on any atom is 0.336 e. The third-order valence-electron chi connectivity index (χ3n) is 4.56. The molecule has 1 aromatic heterocycles. The molecular weight excluding hydrogens is 334 g/mol. The summed E-state index contributed by atoms with van der Waals surface area (Å²) >= 11 is 6.28. The maximum atomic E-state index is 11.9. The van der Waals surface area contributed by atoms with Crippen LogP contribution in [-0.2, 0) is 6.54 Å². The Morgan fingerprint density at radius 1 is 1.16 bits per heavy atom. The van der Waals surface area contributed by atoms with Crippen molar-refractivity contribution in [3.05, 3.63) is 80.7 Å². The summed E-state index contributed by atoms with van der Waals surface area (Å²) < 4.78 is 5.35. The second-order valence-electron chi connectivity index (χ2n) is 6.43. The molecule has 3 aromatic rings. The molecule has 0 aliphatic rings. The molecule has 0 spiro atoms. The van der Waals surface area contributed by atoms with Crippen LogP contribution in [0.2, 0.25) is 5.02 Å². The van der Waals surface area contributed by atoms with Crippen molar-refractivity contribution in [3.63, 3.8) is 0 Å². The van der Waals surface area contributed by atoms with Gasteiger partial charge in [0.05, 0.1) is 0 Å². The van der Waals surface area contributed by atoms with Gasteiger partial charge in [-0.1, -0.05) is 55.3 Å². The Morgan fingerprint density at radius 2 is 1.92 bits per heavy atom. The van der Waals surface area contributed by atoms with Gasteiger partial charge in [0.2, 0.25) is 0 Å². The van der Waals surface area contributed by atoms with E-state index in [0.29, 0.717) is 23.2 Å². The molecule has 0 fully saturated rings. The molecule has 3 nitrogen and oxygen atoms in total. The van der Waals surface area contributed by atoms with Gasteiger partial charge in [0, 0.05) is 34.0 Å². The number of halogens is 1. The van der Waals surface area contributed by atoms with Crippen molar-refractivity contribution in [3.8, 4) is 0 Å². The number of aryl methyl sites for hydroxylation is 1. The Kier molecular flexibility index (Phi) is 5.57. The molecule has 4 heteroatoms. The molecule has 0 saturated heterocycles. The third-order valence-corrected chi connectivity index (χ3v) is 4.97. The molecule has 0 unspecified atom stereocenters. The van der Waals surface area contributed by atoms with Crippen LogP contribution >= 0.6 is 11.6 Å². The molecule has 3 rings (SSSR count). The molecule has 0 saturated carbocycles. The molecule has 1 heterocycles. The first-order chi connectivity index (χ1) is 12.1. The molecule has 2 aromatic carbocycles. The normalized spacial score (nSPS) is 12.4. The first kappa shape index (κ1) is 17.7. The average Bonchev–Trinajstić information content (AvgIpc) is 2.60. The predicted molar refractivity (Wildman–Crippen MR) is 102 cm³/mol. The summed E-state index contributed by atoms with van der Waals surface area (Å²) in [5.74, 6) is 0. The highest BCUT2D eigenvalue weighted by Crippen LogP contribution is 2.25. The largest absolute Gasteiger partial charge is 0.423 e. The number of hydrogen-bond donors (Lipinski definition) is 1. The lowest BCUT2D eigenvalue weighted by atomic mass is 10.0. The van der Waals surface area contributed by atoms with Crippen LogP contribution in [0.15, 0.2) is 57.7 Å². The first-order valence-corrected chi connectivity index (χ1v) is 9.07. The summed E-state index contributed by atoms with van der Waals surface area (Å²) in [5, 5.41) is 3.89.